The van der Waals surface area contributed by atoms with E-state index in [2.05, 4.69) is 15.9 Å². The van der Waals surface area contributed by atoms with Crippen LogP contribution in [0.15, 0.2) is 28.7 Å². The van der Waals surface area contributed by atoms with E-state index in [1.807, 2.05) is 24.3 Å². The van der Waals surface area contributed by atoms with Crippen molar-refractivity contribution in [1.82, 2.24) is 0 Å². The van der Waals surface area contributed by atoms with Gasteiger partial charge in [0.25, 0.3) is 0 Å². The lowest BCUT2D eigenvalue weighted by Gasteiger charge is -2.11. The van der Waals surface area contributed by atoms with Crippen LogP contribution in [-0.2, 0) is 9.84 Å². The predicted octanol–water partition coefficient (Wildman–Crippen LogP) is 2.66. The average molecular weight is 320 g/mol. The third-order valence-corrected chi connectivity index (χ3v) is 5.03. The van der Waals surface area contributed by atoms with Gasteiger partial charge < -0.3 is 5.73 Å². The fourth-order valence-electron chi connectivity index (χ4n) is 1.54. The molecule has 0 bridgehead atoms. The summed E-state index contributed by atoms with van der Waals surface area (Å²) >= 11 is 3.36. The second-order valence-corrected chi connectivity index (χ2v) is 7.43. The molecule has 3 nitrogen and oxygen atoms in total. The van der Waals surface area contributed by atoms with Crippen LogP contribution in [0.2, 0.25) is 0 Å². The number of sulfone groups is 1. The lowest BCUT2D eigenvalue weighted by atomic mass is 10.0. The maximum Gasteiger partial charge on any atom is 0.150 e. The van der Waals surface area contributed by atoms with Crippen molar-refractivity contribution in [2.24, 2.45) is 5.73 Å². The fraction of sp³-hybridized carbons (Fsp3) is 0.500. The van der Waals surface area contributed by atoms with Gasteiger partial charge >= 0.3 is 0 Å². The van der Waals surface area contributed by atoms with Crippen molar-refractivity contribution in [2.45, 2.75) is 25.8 Å². The topological polar surface area (TPSA) is 60.2 Å². The number of hydrogen-bond acceptors (Lipinski definition) is 3. The Hall–Kier alpha value is -0.390. The maximum atomic E-state index is 11.3. The van der Waals surface area contributed by atoms with E-state index in [9.17, 15) is 8.42 Å². The van der Waals surface area contributed by atoms with Crippen molar-refractivity contribution >= 4 is 25.8 Å². The maximum absolute atomic E-state index is 11.3. The Balaban J connectivity index is 2.45. The second kappa shape index (κ2) is 6.52. The van der Waals surface area contributed by atoms with Gasteiger partial charge in [0, 0.05) is 16.3 Å². The van der Waals surface area contributed by atoms with Crippen molar-refractivity contribution in [3.8, 4) is 0 Å². The lowest BCUT2D eigenvalue weighted by molar-refractivity contribution is 0.584. The molecule has 1 aromatic rings. The molecule has 96 valence electrons. The molecular weight excluding hydrogens is 302 g/mol. The molecule has 2 N–H and O–H groups in total. The van der Waals surface area contributed by atoms with Gasteiger partial charge in [-0.3, -0.25) is 0 Å². The standard InChI is InChI=1S/C12H18BrNO2S/c1-2-17(15,16)9-3-4-12(14)10-5-7-11(13)8-6-10/h5-8,12H,2-4,9,14H2,1H3. The minimum absolute atomic E-state index is 0.0878. The number of nitrogens with two attached hydrogens (primary N) is 1. The van der Waals surface area contributed by atoms with Gasteiger partial charge in [-0.2, -0.15) is 0 Å². The first kappa shape index (κ1) is 14.7. The van der Waals surface area contributed by atoms with E-state index in [0.29, 0.717) is 12.8 Å². The molecule has 0 saturated heterocycles. The summed E-state index contributed by atoms with van der Waals surface area (Å²) in [5.74, 6) is 0.439. The Morgan fingerprint density at radius 3 is 2.41 bits per heavy atom. The zero-order chi connectivity index (χ0) is 12.9. The molecule has 0 radical (unpaired) electrons. The SMILES string of the molecule is CCS(=O)(=O)CCCC(N)c1ccc(Br)cc1. The van der Waals surface area contributed by atoms with Crippen molar-refractivity contribution < 1.29 is 8.42 Å². The summed E-state index contributed by atoms with van der Waals surface area (Å²) in [4.78, 5) is 0. The summed E-state index contributed by atoms with van der Waals surface area (Å²) in [6.07, 6.45) is 1.31. The quantitative estimate of drug-likeness (QED) is 0.876. The molecular formula is C12H18BrNO2S. The number of hydrogen-bond donors (Lipinski definition) is 1. The van der Waals surface area contributed by atoms with E-state index in [-0.39, 0.29) is 17.5 Å². The Morgan fingerprint density at radius 1 is 1.29 bits per heavy atom. The van der Waals surface area contributed by atoms with Gasteiger partial charge in [0.15, 0.2) is 0 Å². The number of benzene rings is 1. The molecule has 0 amide bonds. The summed E-state index contributed by atoms with van der Waals surface area (Å²) in [7, 11) is -2.87. The van der Waals surface area contributed by atoms with Gasteiger partial charge in [0.05, 0.1) is 5.75 Å². The van der Waals surface area contributed by atoms with Crippen LogP contribution in [0.1, 0.15) is 31.4 Å². The normalized spacial score (nSPS) is 13.6. The summed E-state index contributed by atoms with van der Waals surface area (Å²) in [6.45, 7) is 1.67. The summed E-state index contributed by atoms with van der Waals surface area (Å²) in [5, 5.41) is 0. The molecule has 0 fully saturated rings. The van der Waals surface area contributed by atoms with E-state index < -0.39 is 9.84 Å². The number of rotatable bonds is 6. The minimum Gasteiger partial charge on any atom is -0.324 e. The van der Waals surface area contributed by atoms with E-state index in [4.69, 9.17) is 5.73 Å². The third-order valence-electron chi connectivity index (χ3n) is 2.71. The largest absolute Gasteiger partial charge is 0.324 e. The Morgan fingerprint density at radius 2 is 1.88 bits per heavy atom. The first-order valence-electron chi connectivity index (χ1n) is 5.66. The van der Waals surface area contributed by atoms with Gasteiger partial charge in [-0.25, -0.2) is 8.42 Å². The van der Waals surface area contributed by atoms with Gasteiger partial charge in [0.1, 0.15) is 9.84 Å². The molecule has 1 rings (SSSR count). The second-order valence-electron chi connectivity index (χ2n) is 4.04. The van der Waals surface area contributed by atoms with Crippen LogP contribution in [0.3, 0.4) is 0 Å². The van der Waals surface area contributed by atoms with E-state index >= 15 is 0 Å². The smallest absolute Gasteiger partial charge is 0.150 e. The van der Waals surface area contributed by atoms with Crippen molar-refractivity contribution in [3.05, 3.63) is 34.3 Å². The van der Waals surface area contributed by atoms with Crippen LogP contribution >= 0.6 is 15.9 Å². The van der Waals surface area contributed by atoms with Gasteiger partial charge in [0.2, 0.25) is 0 Å². The van der Waals surface area contributed by atoms with Gasteiger partial charge in [-0.05, 0) is 30.5 Å². The van der Waals surface area contributed by atoms with Crippen LogP contribution in [-0.4, -0.2) is 19.9 Å². The molecule has 0 aliphatic heterocycles. The minimum atomic E-state index is -2.87. The zero-order valence-corrected chi connectivity index (χ0v) is 12.3. The molecule has 1 aromatic carbocycles. The highest BCUT2D eigenvalue weighted by atomic mass is 79.9. The fourth-order valence-corrected chi connectivity index (χ4v) is 2.70. The van der Waals surface area contributed by atoms with Crippen LogP contribution in [0.4, 0.5) is 0 Å². The molecule has 5 heteroatoms. The van der Waals surface area contributed by atoms with Crippen LogP contribution < -0.4 is 5.73 Å². The van der Waals surface area contributed by atoms with Gasteiger partial charge in [-0.15, -0.1) is 0 Å². The van der Waals surface area contributed by atoms with Gasteiger partial charge in [-0.1, -0.05) is 35.0 Å². The van der Waals surface area contributed by atoms with Crippen molar-refractivity contribution in [3.63, 3.8) is 0 Å². The molecule has 1 atom stereocenters. The zero-order valence-electron chi connectivity index (χ0n) is 9.90. The molecule has 1 unspecified atom stereocenters. The van der Waals surface area contributed by atoms with Crippen LogP contribution in [0, 0.1) is 0 Å². The number of halogens is 1. The van der Waals surface area contributed by atoms with Crippen molar-refractivity contribution in [2.75, 3.05) is 11.5 Å². The first-order chi connectivity index (χ1) is 7.94. The average Bonchev–Trinajstić information content (AvgIpc) is 2.29. The molecule has 0 spiro atoms. The molecule has 0 aromatic heterocycles. The first-order valence-corrected chi connectivity index (χ1v) is 8.27. The highest BCUT2D eigenvalue weighted by Crippen LogP contribution is 2.19. The third kappa shape index (κ3) is 5.19. The Labute approximate surface area is 111 Å². The molecule has 0 aliphatic rings. The summed E-state index contributed by atoms with van der Waals surface area (Å²) < 4.78 is 23.6. The predicted molar refractivity (Wildman–Crippen MR) is 74.6 cm³/mol. The highest BCUT2D eigenvalue weighted by Gasteiger charge is 2.10. The monoisotopic (exact) mass is 319 g/mol. The van der Waals surface area contributed by atoms with E-state index in [1.165, 1.54) is 0 Å². The molecule has 0 heterocycles. The van der Waals surface area contributed by atoms with Crippen LogP contribution in [0.25, 0.3) is 0 Å². The molecule has 0 aliphatic carbocycles. The summed E-state index contributed by atoms with van der Waals surface area (Å²) in [5.41, 5.74) is 7.05. The molecule has 0 saturated carbocycles. The highest BCUT2D eigenvalue weighted by molar-refractivity contribution is 9.10. The lowest BCUT2D eigenvalue weighted by Crippen LogP contribution is -2.14. The Bertz CT molecular complexity index is 442. The molecule has 17 heavy (non-hydrogen) atoms. The van der Waals surface area contributed by atoms with Crippen LogP contribution in [0.5, 0.6) is 0 Å². The van der Waals surface area contributed by atoms with E-state index in [0.717, 1.165) is 10.0 Å². The summed E-state index contributed by atoms with van der Waals surface area (Å²) in [6, 6.07) is 7.72. The van der Waals surface area contributed by atoms with Crippen molar-refractivity contribution in [1.29, 1.82) is 0 Å². The van der Waals surface area contributed by atoms with E-state index in [1.54, 1.807) is 6.92 Å². The Kier molecular flexibility index (Phi) is 5.62.